The second-order valence-electron chi connectivity index (χ2n) is 8.60. The van der Waals surface area contributed by atoms with Crippen molar-refractivity contribution >= 4 is 28.2 Å². The van der Waals surface area contributed by atoms with E-state index in [0.29, 0.717) is 40.9 Å². The SMILES string of the molecule is CN(C)CCC1=C2C(=O)C(c3ccc4[nH]cc(CCN(C)C)c4c3O)=CC=C2NC1=O. The van der Waals surface area contributed by atoms with Gasteiger partial charge in [0.25, 0.3) is 5.91 Å². The second-order valence-corrected chi connectivity index (χ2v) is 8.60. The molecule has 7 nitrogen and oxygen atoms in total. The van der Waals surface area contributed by atoms with Crippen LogP contribution in [0.4, 0.5) is 0 Å². The highest BCUT2D eigenvalue weighted by Crippen LogP contribution is 2.40. The van der Waals surface area contributed by atoms with Crippen molar-refractivity contribution in [1.29, 1.82) is 0 Å². The number of phenols is 1. The Labute approximate surface area is 181 Å². The van der Waals surface area contributed by atoms with Gasteiger partial charge in [0.15, 0.2) is 5.78 Å². The molecule has 2 aliphatic rings. The first kappa shape index (κ1) is 21.1. The molecule has 0 saturated carbocycles. The number of phenolic OH excluding ortho intramolecular Hbond substituents is 1. The van der Waals surface area contributed by atoms with Crippen molar-refractivity contribution in [3.63, 3.8) is 0 Å². The maximum atomic E-state index is 13.4. The number of carbonyl (C=O) groups is 2. The van der Waals surface area contributed by atoms with Gasteiger partial charge in [-0.2, -0.15) is 0 Å². The van der Waals surface area contributed by atoms with E-state index in [9.17, 15) is 14.7 Å². The number of amides is 1. The smallest absolute Gasteiger partial charge is 0.252 e. The van der Waals surface area contributed by atoms with Gasteiger partial charge in [-0.05, 0) is 70.9 Å². The zero-order valence-corrected chi connectivity index (χ0v) is 18.4. The summed E-state index contributed by atoms with van der Waals surface area (Å²) in [5.41, 5.74) is 4.19. The highest BCUT2D eigenvalue weighted by Gasteiger charge is 2.35. The van der Waals surface area contributed by atoms with Crippen LogP contribution < -0.4 is 5.32 Å². The van der Waals surface area contributed by atoms with Gasteiger partial charge in [0.05, 0.1) is 11.3 Å². The molecule has 1 aromatic carbocycles. The number of ketones is 1. The molecule has 0 unspecified atom stereocenters. The van der Waals surface area contributed by atoms with Crippen LogP contribution in [0.25, 0.3) is 16.5 Å². The van der Waals surface area contributed by atoms with Gasteiger partial charge in [-0.15, -0.1) is 0 Å². The van der Waals surface area contributed by atoms with Crippen LogP contribution >= 0.6 is 0 Å². The van der Waals surface area contributed by atoms with Crippen molar-refractivity contribution < 1.29 is 14.7 Å². The molecule has 0 spiro atoms. The summed E-state index contributed by atoms with van der Waals surface area (Å²) in [7, 11) is 7.88. The number of benzene rings is 1. The van der Waals surface area contributed by atoms with Gasteiger partial charge in [0.1, 0.15) is 5.75 Å². The Morgan fingerprint density at radius 3 is 2.39 bits per heavy atom. The Morgan fingerprint density at radius 2 is 1.68 bits per heavy atom. The molecule has 1 amide bonds. The summed E-state index contributed by atoms with van der Waals surface area (Å²) in [6.07, 6.45) is 6.61. The Bertz CT molecular complexity index is 1160. The van der Waals surface area contributed by atoms with Crippen molar-refractivity contribution in [2.75, 3.05) is 41.3 Å². The van der Waals surface area contributed by atoms with Gasteiger partial charge in [-0.25, -0.2) is 0 Å². The maximum absolute atomic E-state index is 13.4. The predicted molar refractivity (Wildman–Crippen MR) is 122 cm³/mol. The van der Waals surface area contributed by atoms with Crippen LogP contribution in [-0.2, 0) is 16.0 Å². The van der Waals surface area contributed by atoms with Crippen LogP contribution in [-0.4, -0.2) is 72.9 Å². The van der Waals surface area contributed by atoms with E-state index < -0.39 is 0 Å². The number of nitrogens with one attached hydrogen (secondary N) is 2. The lowest BCUT2D eigenvalue weighted by Crippen LogP contribution is -2.19. The maximum Gasteiger partial charge on any atom is 0.252 e. The Balaban J connectivity index is 1.75. The minimum atomic E-state index is -0.232. The topological polar surface area (TPSA) is 88.7 Å². The normalized spacial score (nSPS) is 16.3. The molecule has 4 rings (SSSR count). The van der Waals surface area contributed by atoms with Gasteiger partial charge >= 0.3 is 0 Å². The molecule has 2 aromatic rings. The molecular weight excluding hydrogens is 392 g/mol. The number of carbonyl (C=O) groups excluding carboxylic acids is 2. The van der Waals surface area contributed by atoms with Crippen molar-refractivity contribution in [2.45, 2.75) is 12.8 Å². The molecule has 31 heavy (non-hydrogen) atoms. The van der Waals surface area contributed by atoms with Crippen LogP contribution in [0.5, 0.6) is 5.75 Å². The molecule has 0 saturated heterocycles. The first-order valence-corrected chi connectivity index (χ1v) is 10.4. The average molecular weight is 421 g/mol. The molecule has 7 heteroatoms. The number of aromatic hydroxyl groups is 1. The number of likely N-dealkylation sites (N-methyl/N-ethyl adjacent to an activating group) is 1. The molecule has 0 bridgehead atoms. The third kappa shape index (κ3) is 3.82. The molecule has 3 N–H and O–H groups in total. The quantitative estimate of drug-likeness (QED) is 0.639. The summed E-state index contributed by atoms with van der Waals surface area (Å²) in [6.45, 7) is 1.52. The van der Waals surface area contributed by atoms with Crippen molar-refractivity contribution in [3.8, 4) is 5.75 Å². The Hall–Kier alpha value is -3.16. The lowest BCUT2D eigenvalue weighted by atomic mass is 9.87. The van der Waals surface area contributed by atoms with Crippen LogP contribution in [0, 0.1) is 0 Å². The number of hydrogen-bond donors (Lipinski definition) is 3. The molecule has 1 aliphatic heterocycles. The molecule has 0 radical (unpaired) electrons. The van der Waals surface area contributed by atoms with E-state index in [2.05, 4.69) is 15.2 Å². The van der Waals surface area contributed by atoms with Gasteiger partial charge in [-0.3, -0.25) is 9.59 Å². The van der Waals surface area contributed by atoms with Crippen molar-refractivity contribution in [1.82, 2.24) is 20.1 Å². The summed E-state index contributed by atoms with van der Waals surface area (Å²) in [5.74, 6) is -0.358. The first-order valence-electron chi connectivity index (χ1n) is 10.4. The predicted octanol–water partition coefficient (Wildman–Crippen LogP) is 2.21. The van der Waals surface area contributed by atoms with Gasteiger partial charge in [0.2, 0.25) is 0 Å². The summed E-state index contributed by atoms with van der Waals surface area (Å²) >= 11 is 0. The fourth-order valence-electron chi connectivity index (χ4n) is 4.12. The van der Waals surface area contributed by atoms with Gasteiger partial charge in [-0.1, -0.05) is 0 Å². The number of rotatable bonds is 7. The van der Waals surface area contributed by atoms with E-state index in [1.165, 1.54) is 0 Å². The van der Waals surface area contributed by atoms with Crippen molar-refractivity contribution in [3.05, 3.63) is 58.5 Å². The first-order chi connectivity index (χ1) is 14.8. The monoisotopic (exact) mass is 420 g/mol. The number of hydrogen-bond acceptors (Lipinski definition) is 5. The summed E-state index contributed by atoms with van der Waals surface area (Å²) in [4.78, 5) is 33.2. The van der Waals surface area contributed by atoms with E-state index in [1.54, 1.807) is 18.2 Å². The van der Waals surface area contributed by atoms with E-state index in [1.807, 2.05) is 45.4 Å². The molecule has 1 aromatic heterocycles. The molecular formula is C24H28N4O3. The summed E-state index contributed by atoms with van der Waals surface area (Å²) in [5, 5.41) is 14.7. The van der Waals surface area contributed by atoms with E-state index in [0.717, 1.165) is 29.4 Å². The highest BCUT2D eigenvalue weighted by atomic mass is 16.3. The fraction of sp³-hybridized carbons (Fsp3) is 0.333. The number of allylic oxidation sites excluding steroid dienone is 4. The standard InChI is InChI=1S/C24H28N4O3/c1-27(2)11-9-14-13-25-18-7-5-15(22(29)20(14)18)16-6-8-19-21(23(16)30)17(24(31)26-19)10-12-28(3)4/h5-8,13,25,29H,9-12H2,1-4H3,(H,26,31). The van der Waals surface area contributed by atoms with Crippen LogP contribution in [0.1, 0.15) is 17.5 Å². The van der Waals surface area contributed by atoms with E-state index in [4.69, 9.17) is 0 Å². The number of Topliss-reactive ketones (excluding diaryl/α,β-unsaturated/α-hetero) is 1. The third-order valence-electron chi connectivity index (χ3n) is 5.81. The van der Waals surface area contributed by atoms with Crippen LogP contribution in [0.2, 0.25) is 0 Å². The highest BCUT2D eigenvalue weighted by molar-refractivity contribution is 6.35. The van der Waals surface area contributed by atoms with Crippen LogP contribution in [0.15, 0.2) is 47.3 Å². The van der Waals surface area contributed by atoms with Crippen LogP contribution in [0.3, 0.4) is 0 Å². The van der Waals surface area contributed by atoms with Gasteiger partial charge in [0, 0.05) is 46.9 Å². The lowest BCUT2D eigenvalue weighted by molar-refractivity contribution is -0.116. The zero-order chi connectivity index (χ0) is 22.3. The van der Waals surface area contributed by atoms with Crippen molar-refractivity contribution in [2.24, 2.45) is 0 Å². The lowest BCUT2D eigenvalue weighted by Gasteiger charge is -2.16. The molecule has 0 fully saturated rings. The third-order valence-corrected chi connectivity index (χ3v) is 5.81. The summed E-state index contributed by atoms with van der Waals surface area (Å²) in [6, 6.07) is 3.65. The number of fused-ring (bicyclic) bond motifs is 2. The minimum Gasteiger partial charge on any atom is -0.507 e. The largest absolute Gasteiger partial charge is 0.507 e. The number of H-pyrrole nitrogens is 1. The van der Waals surface area contributed by atoms with E-state index in [-0.39, 0.29) is 17.4 Å². The average Bonchev–Trinajstić information content (AvgIpc) is 3.27. The fourth-order valence-corrected chi connectivity index (χ4v) is 4.12. The minimum absolute atomic E-state index is 0.0941. The number of aromatic amines is 1. The Kier molecular flexibility index (Phi) is 5.56. The zero-order valence-electron chi connectivity index (χ0n) is 18.4. The van der Waals surface area contributed by atoms with E-state index >= 15 is 0 Å². The Morgan fingerprint density at radius 1 is 0.968 bits per heavy atom. The molecule has 2 heterocycles. The molecule has 0 atom stereocenters. The van der Waals surface area contributed by atoms with Gasteiger partial charge < -0.3 is 25.2 Å². The molecule has 1 aliphatic carbocycles. The number of aromatic nitrogens is 1. The summed E-state index contributed by atoms with van der Waals surface area (Å²) < 4.78 is 0. The molecule has 162 valence electrons. The second kappa shape index (κ2) is 8.17. The number of nitrogens with zero attached hydrogens (tertiary/aromatic N) is 2.